The molecule has 0 saturated carbocycles. The number of nitrogens with zero attached hydrogens (tertiary/aromatic N) is 1. The zero-order chi connectivity index (χ0) is 9.26. The van der Waals surface area contributed by atoms with E-state index in [9.17, 15) is 4.79 Å². The zero-order valence-electron chi connectivity index (χ0n) is 7.16. The van der Waals surface area contributed by atoms with Crippen molar-refractivity contribution in [3.8, 4) is 0 Å². The lowest BCUT2D eigenvalue weighted by molar-refractivity contribution is 0.0998. The van der Waals surface area contributed by atoms with Crippen molar-refractivity contribution in [1.82, 2.24) is 10.3 Å². The number of carbonyl (C=O) groups is 1. The molecule has 1 aromatic heterocycles. The number of carbonyl (C=O) groups excluding carboxylic acids is 1. The average Bonchev–Trinajstić information content (AvgIpc) is 2.02. The third kappa shape index (κ3) is 1.40. The van der Waals surface area contributed by atoms with Crippen molar-refractivity contribution in [2.45, 2.75) is 5.92 Å². The number of hydrogen-bond acceptors (Lipinski definition) is 3. The van der Waals surface area contributed by atoms with Crippen LogP contribution < -0.4 is 11.1 Å². The highest BCUT2D eigenvalue weighted by Gasteiger charge is 2.23. The van der Waals surface area contributed by atoms with E-state index >= 15 is 0 Å². The van der Waals surface area contributed by atoms with E-state index in [0.29, 0.717) is 11.5 Å². The van der Waals surface area contributed by atoms with Crippen LogP contribution in [0.2, 0.25) is 0 Å². The van der Waals surface area contributed by atoms with Gasteiger partial charge < -0.3 is 11.1 Å². The molecule has 4 nitrogen and oxygen atoms in total. The van der Waals surface area contributed by atoms with E-state index in [-0.39, 0.29) is 5.91 Å². The molecule has 0 unspecified atom stereocenters. The Hall–Kier alpha value is -1.42. The topological polar surface area (TPSA) is 68.0 Å². The summed E-state index contributed by atoms with van der Waals surface area (Å²) < 4.78 is 0. The summed E-state index contributed by atoms with van der Waals surface area (Å²) in [5, 5.41) is 3.15. The molecule has 0 aliphatic carbocycles. The molecule has 0 bridgehead atoms. The molecule has 1 aliphatic heterocycles. The summed E-state index contributed by atoms with van der Waals surface area (Å²) in [6, 6.07) is 1.68. The van der Waals surface area contributed by atoms with Crippen molar-refractivity contribution in [2.75, 3.05) is 13.1 Å². The molecule has 3 N–H and O–H groups in total. The molecule has 2 heterocycles. The highest BCUT2D eigenvalue weighted by Crippen LogP contribution is 2.21. The Kier molecular flexibility index (Phi) is 1.98. The smallest absolute Gasteiger partial charge is 0.249 e. The molecule has 68 valence electrons. The summed E-state index contributed by atoms with van der Waals surface area (Å²) in [5.41, 5.74) is 6.81. The van der Waals surface area contributed by atoms with Crippen molar-refractivity contribution in [3.63, 3.8) is 0 Å². The molecular formula is C9H11N3O. The Morgan fingerprint density at radius 2 is 2.38 bits per heavy atom. The SMILES string of the molecule is NC(=O)c1ccncc1C1CNC1. The van der Waals surface area contributed by atoms with E-state index in [4.69, 9.17) is 5.73 Å². The lowest BCUT2D eigenvalue weighted by Crippen LogP contribution is -2.40. The number of aromatic nitrogens is 1. The van der Waals surface area contributed by atoms with Gasteiger partial charge in [0.15, 0.2) is 0 Å². The van der Waals surface area contributed by atoms with Gasteiger partial charge >= 0.3 is 0 Å². The molecule has 0 spiro atoms. The molecule has 13 heavy (non-hydrogen) atoms. The second-order valence-corrected chi connectivity index (χ2v) is 3.18. The van der Waals surface area contributed by atoms with Crippen LogP contribution in [0.1, 0.15) is 21.8 Å². The first-order valence-corrected chi connectivity index (χ1v) is 4.23. The lowest BCUT2D eigenvalue weighted by atomic mass is 9.91. The van der Waals surface area contributed by atoms with Gasteiger partial charge in [0.25, 0.3) is 0 Å². The number of nitrogens with one attached hydrogen (secondary N) is 1. The second-order valence-electron chi connectivity index (χ2n) is 3.18. The quantitative estimate of drug-likeness (QED) is 0.661. The third-order valence-electron chi connectivity index (χ3n) is 2.34. The molecule has 1 fully saturated rings. The van der Waals surface area contributed by atoms with Crippen LogP contribution in [0.5, 0.6) is 0 Å². The highest BCUT2D eigenvalue weighted by atomic mass is 16.1. The fraction of sp³-hybridized carbons (Fsp3) is 0.333. The number of pyridine rings is 1. The van der Waals surface area contributed by atoms with Gasteiger partial charge in [0.2, 0.25) is 5.91 Å². The van der Waals surface area contributed by atoms with E-state index < -0.39 is 0 Å². The van der Waals surface area contributed by atoms with E-state index in [1.807, 2.05) is 0 Å². The Balaban J connectivity index is 2.36. The van der Waals surface area contributed by atoms with Crippen molar-refractivity contribution < 1.29 is 4.79 Å². The van der Waals surface area contributed by atoms with Gasteiger partial charge in [-0.25, -0.2) is 0 Å². The largest absolute Gasteiger partial charge is 0.366 e. The van der Waals surface area contributed by atoms with Crippen LogP contribution in [-0.2, 0) is 0 Å². The molecule has 4 heteroatoms. The molecule has 1 amide bonds. The first kappa shape index (κ1) is 8.19. The summed E-state index contributed by atoms with van der Waals surface area (Å²) in [7, 11) is 0. The molecule has 0 aromatic carbocycles. The second kappa shape index (κ2) is 3.14. The summed E-state index contributed by atoms with van der Waals surface area (Å²) in [6.07, 6.45) is 3.32. The number of amides is 1. The first-order chi connectivity index (χ1) is 6.29. The van der Waals surface area contributed by atoms with Crippen LogP contribution in [0.4, 0.5) is 0 Å². The Labute approximate surface area is 76.2 Å². The zero-order valence-corrected chi connectivity index (χ0v) is 7.16. The maximum Gasteiger partial charge on any atom is 0.249 e. The normalized spacial score (nSPS) is 16.6. The van der Waals surface area contributed by atoms with E-state index in [2.05, 4.69) is 10.3 Å². The summed E-state index contributed by atoms with van der Waals surface area (Å²) in [6.45, 7) is 1.82. The minimum Gasteiger partial charge on any atom is -0.366 e. The summed E-state index contributed by atoms with van der Waals surface area (Å²) >= 11 is 0. The molecule has 2 rings (SSSR count). The van der Waals surface area contributed by atoms with Gasteiger partial charge in [0, 0.05) is 37.0 Å². The Morgan fingerprint density at radius 3 is 2.92 bits per heavy atom. The van der Waals surface area contributed by atoms with Gasteiger partial charge in [-0.2, -0.15) is 0 Å². The maximum atomic E-state index is 11.0. The van der Waals surface area contributed by atoms with Crippen LogP contribution in [0.3, 0.4) is 0 Å². The highest BCUT2D eigenvalue weighted by molar-refractivity contribution is 5.94. The standard InChI is InChI=1S/C9H11N3O/c10-9(13)7-1-2-11-5-8(7)6-3-12-4-6/h1-2,5-6,12H,3-4H2,(H2,10,13). The Morgan fingerprint density at radius 1 is 1.62 bits per heavy atom. The summed E-state index contributed by atoms with van der Waals surface area (Å²) in [5.74, 6) is 0.0282. The van der Waals surface area contributed by atoms with Crippen molar-refractivity contribution in [3.05, 3.63) is 29.6 Å². The lowest BCUT2D eigenvalue weighted by Gasteiger charge is -2.28. The van der Waals surface area contributed by atoms with Gasteiger partial charge in [0.1, 0.15) is 0 Å². The van der Waals surface area contributed by atoms with Crippen molar-refractivity contribution >= 4 is 5.91 Å². The predicted octanol–water partition coefficient (Wildman–Crippen LogP) is -0.133. The number of primary amides is 1. The van der Waals surface area contributed by atoms with Crippen LogP contribution in [0, 0.1) is 0 Å². The van der Waals surface area contributed by atoms with Crippen LogP contribution in [-0.4, -0.2) is 24.0 Å². The number of nitrogens with two attached hydrogens (primary N) is 1. The van der Waals surface area contributed by atoms with Gasteiger partial charge in [-0.3, -0.25) is 9.78 Å². The summed E-state index contributed by atoms with van der Waals surface area (Å²) in [4.78, 5) is 15.0. The van der Waals surface area contributed by atoms with Crippen LogP contribution in [0.25, 0.3) is 0 Å². The Bertz CT molecular complexity index is 333. The molecule has 0 atom stereocenters. The van der Waals surface area contributed by atoms with Crippen LogP contribution in [0.15, 0.2) is 18.5 Å². The van der Waals surface area contributed by atoms with Crippen LogP contribution >= 0.6 is 0 Å². The fourth-order valence-corrected chi connectivity index (χ4v) is 1.46. The number of hydrogen-bond donors (Lipinski definition) is 2. The third-order valence-corrected chi connectivity index (χ3v) is 2.34. The molecular weight excluding hydrogens is 166 g/mol. The molecule has 1 saturated heterocycles. The van der Waals surface area contributed by atoms with Gasteiger partial charge in [-0.1, -0.05) is 0 Å². The molecule has 0 radical (unpaired) electrons. The predicted molar refractivity (Wildman–Crippen MR) is 48.4 cm³/mol. The van der Waals surface area contributed by atoms with Crippen molar-refractivity contribution in [2.24, 2.45) is 5.73 Å². The minimum absolute atomic E-state index is 0.371. The van der Waals surface area contributed by atoms with E-state index in [1.54, 1.807) is 18.5 Å². The minimum atomic E-state index is -0.371. The molecule has 1 aliphatic rings. The monoisotopic (exact) mass is 177 g/mol. The van der Waals surface area contributed by atoms with E-state index in [0.717, 1.165) is 18.7 Å². The van der Waals surface area contributed by atoms with Gasteiger partial charge in [0.05, 0.1) is 0 Å². The van der Waals surface area contributed by atoms with Gasteiger partial charge in [-0.05, 0) is 11.6 Å². The fourth-order valence-electron chi connectivity index (χ4n) is 1.46. The van der Waals surface area contributed by atoms with Crippen molar-refractivity contribution in [1.29, 1.82) is 0 Å². The van der Waals surface area contributed by atoms with E-state index in [1.165, 1.54) is 0 Å². The van der Waals surface area contributed by atoms with Gasteiger partial charge in [-0.15, -0.1) is 0 Å². The first-order valence-electron chi connectivity index (χ1n) is 4.23. The molecule has 1 aromatic rings. The average molecular weight is 177 g/mol. The number of rotatable bonds is 2. The maximum absolute atomic E-state index is 11.0.